The number of amides is 3. The van der Waals surface area contributed by atoms with Gasteiger partial charge in [-0.05, 0) is 61.9 Å². The Balaban J connectivity index is 1.55. The van der Waals surface area contributed by atoms with Crippen LogP contribution in [-0.2, 0) is 27.2 Å². The van der Waals surface area contributed by atoms with Crippen molar-refractivity contribution in [1.29, 1.82) is 0 Å². The molecule has 1 aliphatic carbocycles. The third-order valence-corrected chi connectivity index (χ3v) is 7.94. The van der Waals surface area contributed by atoms with Crippen molar-refractivity contribution in [3.05, 3.63) is 58.5 Å². The van der Waals surface area contributed by atoms with Gasteiger partial charge in [0.1, 0.15) is 22.5 Å². The Kier molecular flexibility index (Phi) is 8.53. The van der Waals surface area contributed by atoms with Crippen LogP contribution in [0.15, 0.2) is 30.3 Å². The molecule has 5 rings (SSSR count). The minimum atomic E-state index is -0.676. The van der Waals surface area contributed by atoms with Crippen LogP contribution in [0.1, 0.15) is 62.3 Å². The van der Waals surface area contributed by atoms with Gasteiger partial charge in [0, 0.05) is 42.1 Å². The molecule has 1 fully saturated rings. The summed E-state index contributed by atoms with van der Waals surface area (Å²) in [5.41, 5.74) is 2.26. The topological polar surface area (TPSA) is 138 Å². The van der Waals surface area contributed by atoms with Gasteiger partial charge in [-0.1, -0.05) is 18.5 Å². The zero-order valence-corrected chi connectivity index (χ0v) is 23.6. The highest BCUT2D eigenvalue weighted by molar-refractivity contribution is 6.32. The lowest BCUT2D eigenvalue weighted by molar-refractivity contribution is -0.127. The average molecular weight is 583 g/mol. The maximum Gasteiger partial charge on any atom is 0.411 e. The molecule has 4 bridgehead atoms. The van der Waals surface area contributed by atoms with Crippen LogP contribution in [0.5, 0.6) is 0 Å². The van der Waals surface area contributed by atoms with Crippen LogP contribution < -0.4 is 16.0 Å². The van der Waals surface area contributed by atoms with E-state index in [1.165, 1.54) is 13.2 Å². The summed E-state index contributed by atoms with van der Waals surface area (Å²) in [6, 6.07) is 7.14. The quantitative estimate of drug-likeness (QED) is 0.319. The Morgan fingerprint density at radius 1 is 1.10 bits per heavy atom. The van der Waals surface area contributed by atoms with Crippen molar-refractivity contribution >= 4 is 40.9 Å². The molecule has 41 heavy (non-hydrogen) atoms. The monoisotopic (exact) mass is 582 g/mol. The number of hydrogen-bond donors (Lipinski definition) is 4. The molecule has 1 atom stereocenters. The molecule has 3 amide bonds. The van der Waals surface area contributed by atoms with Crippen LogP contribution in [0.2, 0.25) is 5.15 Å². The molecule has 2 aliphatic rings. The van der Waals surface area contributed by atoms with E-state index < -0.39 is 18.0 Å². The smallest absolute Gasteiger partial charge is 0.411 e. The molecule has 10 nitrogen and oxygen atoms in total. The van der Waals surface area contributed by atoms with E-state index >= 15 is 0 Å². The van der Waals surface area contributed by atoms with Gasteiger partial charge in [-0.3, -0.25) is 19.9 Å². The van der Waals surface area contributed by atoms with E-state index in [2.05, 4.69) is 37.6 Å². The van der Waals surface area contributed by atoms with Crippen LogP contribution in [0.25, 0.3) is 11.3 Å². The normalized spacial score (nSPS) is 20.7. The van der Waals surface area contributed by atoms with Crippen LogP contribution in [0.4, 0.5) is 20.6 Å². The highest BCUT2D eigenvalue weighted by atomic mass is 35.5. The minimum Gasteiger partial charge on any atom is -0.453 e. The van der Waals surface area contributed by atoms with Gasteiger partial charge < -0.3 is 20.4 Å². The summed E-state index contributed by atoms with van der Waals surface area (Å²) in [4.78, 5) is 50.4. The number of anilines is 2. The van der Waals surface area contributed by atoms with Crippen LogP contribution in [-0.4, -0.2) is 40.0 Å². The van der Waals surface area contributed by atoms with E-state index in [0.717, 1.165) is 25.7 Å². The number of rotatable bonds is 3. The summed E-state index contributed by atoms with van der Waals surface area (Å²) < 4.78 is 19.3. The summed E-state index contributed by atoms with van der Waals surface area (Å²) in [6.45, 7) is 2.20. The molecule has 1 saturated carbocycles. The Morgan fingerprint density at radius 2 is 1.88 bits per heavy atom. The number of aromatic nitrogens is 3. The SMILES string of the molecule is COC(=O)Nc1ccc2c(c1)NC(=O)CCc1nc(ccc1F)CC(NC(=O)C1CCC(C)CC1)c1nc-2c(Cl)[nH]1. The number of nitrogens with zero attached hydrogens (tertiary/aromatic N) is 2. The molecule has 0 radical (unpaired) electrons. The van der Waals surface area contributed by atoms with Crippen molar-refractivity contribution < 1.29 is 23.5 Å². The first-order chi connectivity index (χ1) is 19.7. The summed E-state index contributed by atoms with van der Waals surface area (Å²) >= 11 is 6.65. The maximum atomic E-state index is 14.7. The predicted octanol–water partition coefficient (Wildman–Crippen LogP) is 5.55. The number of carbonyl (C=O) groups excluding carboxylic acids is 3. The number of methoxy groups -OCH3 is 1. The highest BCUT2D eigenvalue weighted by Gasteiger charge is 2.29. The number of benzene rings is 1. The van der Waals surface area contributed by atoms with E-state index in [0.29, 0.717) is 40.1 Å². The molecule has 0 spiro atoms. The molecular formula is C29H32ClFN6O4. The molecule has 12 heteroatoms. The number of pyridine rings is 1. The summed E-state index contributed by atoms with van der Waals surface area (Å²) in [5, 5.41) is 8.74. The van der Waals surface area contributed by atoms with Crippen molar-refractivity contribution in [3.8, 4) is 11.3 Å². The first-order valence-electron chi connectivity index (χ1n) is 13.7. The Morgan fingerprint density at radius 3 is 2.63 bits per heavy atom. The van der Waals surface area contributed by atoms with Gasteiger partial charge in [0.05, 0.1) is 24.5 Å². The summed E-state index contributed by atoms with van der Waals surface area (Å²) in [5.74, 6) is -0.0575. The zero-order chi connectivity index (χ0) is 29.1. The lowest BCUT2D eigenvalue weighted by Gasteiger charge is -2.27. The lowest BCUT2D eigenvalue weighted by Crippen LogP contribution is -2.37. The van der Waals surface area contributed by atoms with Crippen molar-refractivity contribution in [3.63, 3.8) is 0 Å². The van der Waals surface area contributed by atoms with Crippen LogP contribution in [0, 0.1) is 17.7 Å². The van der Waals surface area contributed by atoms with Gasteiger partial charge in [-0.15, -0.1) is 0 Å². The molecule has 1 aromatic carbocycles. The predicted molar refractivity (Wildman–Crippen MR) is 152 cm³/mol. The molecule has 0 saturated heterocycles. The summed E-state index contributed by atoms with van der Waals surface area (Å²) in [7, 11) is 1.24. The number of imidazole rings is 1. The Labute approximate surface area is 241 Å². The molecule has 3 heterocycles. The number of aromatic amines is 1. The van der Waals surface area contributed by atoms with Crippen molar-refractivity contribution in [1.82, 2.24) is 20.3 Å². The van der Waals surface area contributed by atoms with Gasteiger partial charge >= 0.3 is 6.09 Å². The Bertz CT molecular complexity index is 1470. The number of carbonyl (C=O) groups is 3. The molecule has 1 unspecified atom stereocenters. The van der Waals surface area contributed by atoms with Crippen LogP contribution >= 0.6 is 11.6 Å². The molecule has 2 aromatic heterocycles. The van der Waals surface area contributed by atoms with Gasteiger partial charge in [-0.2, -0.15) is 0 Å². The van der Waals surface area contributed by atoms with E-state index in [1.807, 2.05) is 0 Å². The second-order valence-corrected chi connectivity index (χ2v) is 11.0. The average Bonchev–Trinajstić information content (AvgIpc) is 3.34. The standard InChI is InChI=1S/C29H32ClFN6O4/c1-15-3-5-16(6-4-15)28(39)35-23-14-17-8-10-20(31)21(32-17)11-12-24(38)34-22-13-18(33-29(40)41-2)7-9-19(22)25-26(30)37-27(23)36-25/h7-10,13,15-16,23H,3-6,11-12,14H2,1-2H3,(H,33,40)(H,34,38)(H,35,39)(H,36,37). The van der Waals surface area contributed by atoms with Gasteiger partial charge in [-0.25, -0.2) is 14.2 Å². The number of halogens is 2. The third kappa shape index (κ3) is 6.67. The lowest BCUT2D eigenvalue weighted by atomic mass is 9.82. The number of H-pyrrole nitrogens is 1. The molecule has 1 aliphatic heterocycles. The maximum absolute atomic E-state index is 14.7. The van der Waals surface area contributed by atoms with Gasteiger partial charge in [0.15, 0.2) is 0 Å². The molecular weight excluding hydrogens is 551 g/mol. The van der Waals surface area contributed by atoms with E-state index in [-0.39, 0.29) is 47.8 Å². The fourth-order valence-corrected chi connectivity index (χ4v) is 5.55. The number of ether oxygens (including phenoxy) is 1. The largest absolute Gasteiger partial charge is 0.453 e. The van der Waals surface area contributed by atoms with E-state index in [9.17, 15) is 18.8 Å². The molecule has 3 aromatic rings. The summed E-state index contributed by atoms with van der Waals surface area (Å²) in [6.07, 6.45) is 3.23. The first kappa shape index (κ1) is 28.5. The molecule has 216 valence electrons. The van der Waals surface area contributed by atoms with Crippen molar-refractivity contribution in [2.75, 3.05) is 17.7 Å². The minimum absolute atomic E-state index is 0.0404. The molecule has 4 N–H and O–H groups in total. The second-order valence-electron chi connectivity index (χ2n) is 10.7. The van der Waals surface area contributed by atoms with E-state index in [4.69, 9.17) is 16.6 Å². The highest BCUT2D eigenvalue weighted by Crippen LogP contribution is 2.36. The van der Waals surface area contributed by atoms with Gasteiger partial charge in [0.25, 0.3) is 0 Å². The van der Waals surface area contributed by atoms with Gasteiger partial charge in [0.2, 0.25) is 11.8 Å². The fourth-order valence-electron chi connectivity index (χ4n) is 5.31. The fraction of sp³-hybridized carbons (Fsp3) is 0.414. The van der Waals surface area contributed by atoms with Crippen molar-refractivity contribution in [2.24, 2.45) is 11.8 Å². The number of fused-ring (bicyclic) bond motifs is 6. The number of hydrogen-bond acceptors (Lipinski definition) is 6. The van der Waals surface area contributed by atoms with Crippen molar-refractivity contribution in [2.45, 2.75) is 57.9 Å². The van der Waals surface area contributed by atoms with Crippen LogP contribution in [0.3, 0.4) is 0 Å². The van der Waals surface area contributed by atoms with E-state index in [1.54, 1.807) is 24.3 Å². The number of aryl methyl sites for hydroxylation is 1. The third-order valence-electron chi connectivity index (χ3n) is 7.67. The number of nitrogens with one attached hydrogen (secondary N) is 4. The first-order valence-corrected chi connectivity index (χ1v) is 14.1. The zero-order valence-electron chi connectivity index (χ0n) is 22.9. The Hall–Kier alpha value is -3.99. The second kappa shape index (κ2) is 12.3.